The van der Waals surface area contributed by atoms with Crippen molar-refractivity contribution < 1.29 is 9.59 Å². The van der Waals surface area contributed by atoms with Crippen LogP contribution in [0, 0.1) is 13.8 Å². The topological polar surface area (TPSA) is 76.0 Å². The maximum atomic E-state index is 12.0. The highest BCUT2D eigenvalue weighted by molar-refractivity contribution is 7.99. The van der Waals surface area contributed by atoms with E-state index >= 15 is 0 Å². The molecule has 6 nitrogen and oxygen atoms in total. The van der Waals surface area contributed by atoms with Gasteiger partial charge in [0.05, 0.1) is 5.75 Å². The van der Waals surface area contributed by atoms with Crippen LogP contribution in [0.15, 0.2) is 66.1 Å². The molecule has 0 aliphatic rings. The summed E-state index contributed by atoms with van der Waals surface area (Å²) in [5, 5.41) is 0.711. The van der Waals surface area contributed by atoms with Gasteiger partial charge in [0.1, 0.15) is 0 Å². The van der Waals surface area contributed by atoms with E-state index in [0.29, 0.717) is 10.7 Å². The van der Waals surface area contributed by atoms with Gasteiger partial charge in [-0.1, -0.05) is 36.0 Å². The van der Waals surface area contributed by atoms with Crippen LogP contribution in [0.3, 0.4) is 0 Å². The largest absolute Gasteiger partial charge is 0.295 e. The summed E-state index contributed by atoms with van der Waals surface area (Å²) in [5.41, 5.74) is 8.73. The van der Waals surface area contributed by atoms with Crippen molar-refractivity contribution in [1.82, 2.24) is 20.4 Å². The zero-order chi connectivity index (χ0) is 19.2. The van der Waals surface area contributed by atoms with Crippen LogP contribution < -0.4 is 10.9 Å². The Morgan fingerprint density at radius 3 is 2.56 bits per heavy atom. The first-order valence-corrected chi connectivity index (χ1v) is 9.41. The summed E-state index contributed by atoms with van der Waals surface area (Å²) in [6, 6.07) is 14.9. The molecule has 0 atom stereocenters. The van der Waals surface area contributed by atoms with Gasteiger partial charge in [0, 0.05) is 23.6 Å². The number of nitrogens with one attached hydrogen (secondary N) is 2. The van der Waals surface area contributed by atoms with Crippen LogP contribution >= 0.6 is 11.8 Å². The first-order chi connectivity index (χ1) is 13.0. The molecular weight excluding hydrogens is 360 g/mol. The highest BCUT2D eigenvalue weighted by Crippen LogP contribution is 2.21. The number of carbonyl (C=O) groups excluding carboxylic acids is 2. The normalized spacial score (nSPS) is 10.4. The molecule has 0 bridgehead atoms. The van der Waals surface area contributed by atoms with Crippen LogP contribution in [-0.2, 0) is 4.79 Å². The van der Waals surface area contributed by atoms with E-state index in [1.807, 2.05) is 22.9 Å². The molecule has 0 saturated carbocycles. The van der Waals surface area contributed by atoms with Crippen molar-refractivity contribution in [2.45, 2.75) is 19.0 Å². The Bertz CT molecular complexity index is 954. The van der Waals surface area contributed by atoms with Crippen LogP contribution in [-0.4, -0.2) is 27.1 Å². The lowest BCUT2D eigenvalue weighted by Crippen LogP contribution is -2.42. The Morgan fingerprint density at radius 1 is 1.04 bits per heavy atom. The van der Waals surface area contributed by atoms with E-state index in [1.165, 1.54) is 22.9 Å². The molecule has 3 rings (SSSR count). The molecule has 2 amide bonds. The fourth-order valence-electron chi connectivity index (χ4n) is 2.42. The smallest absolute Gasteiger partial charge is 0.269 e. The van der Waals surface area contributed by atoms with Crippen LogP contribution in [0.5, 0.6) is 0 Å². The number of hydrogen-bond acceptors (Lipinski definition) is 4. The van der Waals surface area contributed by atoms with Gasteiger partial charge in [-0.3, -0.25) is 25.0 Å². The summed E-state index contributed by atoms with van der Waals surface area (Å²) >= 11 is 1.30. The van der Waals surface area contributed by atoms with Crippen molar-refractivity contribution in [3.8, 4) is 5.69 Å². The number of nitrogens with zero attached hydrogens (tertiary/aromatic N) is 2. The van der Waals surface area contributed by atoms with Crippen LogP contribution in [0.4, 0.5) is 0 Å². The molecule has 0 aliphatic carbocycles. The van der Waals surface area contributed by atoms with Gasteiger partial charge < -0.3 is 0 Å². The molecule has 1 aromatic heterocycles. The summed E-state index contributed by atoms with van der Waals surface area (Å²) in [6.07, 6.45) is 3.56. The predicted molar refractivity (Wildman–Crippen MR) is 106 cm³/mol. The maximum Gasteiger partial charge on any atom is 0.269 e. The van der Waals surface area contributed by atoms with Crippen molar-refractivity contribution in [3.63, 3.8) is 0 Å². The van der Waals surface area contributed by atoms with Crippen LogP contribution in [0.2, 0.25) is 0 Å². The van der Waals surface area contributed by atoms with Crippen molar-refractivity contribution in [3.05, 3.63) is 77.6 Å². The van der Waals surface area contributed by atoms with Gasteiger partial charge in [0.2, 0.25) is 5.91 Å². The van der Waals surface area contributed by atoms with Gasteiger partial charge in [-0.2, -0.15) is 0 Å². The second-order valence-electron chi connectivity index (χ2n) is 6.01. The van der Waals surface area contributed by atoms with Gasteiger partial charge in [-0.15, -0.1) is 0 Å². The molecule has 3 aromatic rings. The van der Waals surface area contributed by atoms with Crippen molar-refractivity contribution in [1.29, 1.82) is 0 Å². The number of amides is 2. The van der Waals surface area contributed by atoms with Gasteiger partial charge in [-0.25, -0.2) is 4.98 Å². The fourth-order valence-corrected chi connectivity index (χ4v) is 3.20. The molecule has 7 heteroatoms. The first kappa shape index (κ1) is 18.7. The van der Waals surface area contributed by atoms with E-state index < -0.39 is 0 Å². The molecule has 138 valence electrons. The Kier molecular flexibility index (Phi) is 5.93. The van der Waals surface area contributed by atoms with Gasteiger partial charge in [0.15, 0.2) is 5.16 Å². The zero-order valence-corrected chi connectivity index (χ0v) is 15.9. The van der Waals surface area contributed by atoms with E-state index in [9.17, 15) is 9.59 Å². The van der Waals surface area contributed by atoms with Gasteiger partial charge in [-0.05, 0) is 49.2 Å². The summed E-state index contributed by atoms with van der Waals surface area (Å²) in [5.74, 6) is -0.527. The van der Waals surface area contributed by atoms with Crippen molar-refractivity contribution in [2.24, 2.45) is 0 Å². The number of hydrogen-bond donors (Lipinski definition) is 2. The molecule has 0 spiro atoms. The van der Waals surface area contributed by atoms with E-state index in [2.05, 4.69) is 41.8 Å². The van der Waals surface area contributed by atoms with Crippen molar-refractivity contribution >= 4 is 23.6 Å². The Morgan fingerprint density at radius 2 is 1.81 bits per heavy atom. The lowest BCUT2D eigenvalue weighted by atomic mass is 10.1. The number of hydrazine groups is 1. The molecule has 0 radical (unpaired) electrons. The van der Waals surface area contributed by atoms with E-state index in [1.54, 1.807) is 30.5 Å². The summed E-state index contributed by atoms with van der Waals surface area (Å²) in [7, 11) is 0. The molecule has 0 fully saturated rings. The Labute approximate surface area is 162 Å². The molecule has 0 unspecified atom stereocenters. The Hall–Kier alpha value is -3.06. The standard InChI is InChI=1S/C20H20N4O2S/c1-14-8-9-17(12-15(14)2)24-11-10-21-20(24)27-13-18(25)22-23-19(26)16-6-4-3-5-7-16/h3-12H,13H2,1-2H3,(H,22,25)(H,23,26). The number of benzene rings is 2. The number of thioether (sulfide) groups is 1. The van der Waals surface area contributed by atoms with E-state index in [-0.39, 0.29) is 17.6 Å². The molecular formula is C20H20N4O2S. The monoisotopic (exact) mass is 380 g/mol. The summed E-state index contributed by atoms with van der Waals surface area (Å²) in [4.78, 5) is 28.3. The predicted octanol–water partition coefficient (Wildman–Crippen LogP) is 3.04. The third-order valence-corrected chi connectivity index (χ3v) is 5.03. The SMILES string of the molecule is Cc1ccc(-n2ccnc2SCC(=O)NNC(=O)c2ccccc2)cc1C. The van der Waals surface area contributed by atoms with Crippen molar-refractivity contribution in [2.75, 3.05) is 5.75 Å². The lowest BCUT2D eigenvalue weighted by Gasteiger charge is -2.10. The second kappa shape index (κ2) is 8.55. The molecule has 27 heavy (non-hydrogen) atoms. The van der Waals surface area contributed by atoms with Gasteiger partial charge >= 0.3 is 0 Å². The molecule has 2 aromatic carbocycles. The minimum absolute atomic E-state index is 0.136. The number of carbonyl (C=O) groups is 2. The molecule has 1 heterocycles. The van der Waals surface area contributed by atoms with Gasteiger partial charge in [0.25, 0.3) is 5.91 Å². The molecule has 0 aliphatic heterocycles. The number of aryl methyl sites for hydroxylation is 2. The number of rotatable bonds is 5. The molecule has 2 N–H and O–H groups in total. The third-order valence-electron chi connectivity index (χ3n) is 4.06. The summed E-state index contributed by atoms with van der Waals surface area (Å²) < 4.78 is 1.94. The average molecular weight is 380 g/mol. The zero-order valence-electron chi connectivity index (χ0n) is 15.1. The van der Waals surface area contributed by atoms with E-state index in [0.717, 1.165) is 5.69 Å². The number of imidazole rings is 1. The van der Waals surface area contributed by atoms with Crippen LogP contribution in [0.1, 0.15) is 21.5 Å². The Balaban J connectivity index is 1.56. The lowest BCUT2D eigenvalue weighted by molar-refractivity contribution is -0.119. The first-order valence-electron chi connectivity index (χ1n) is 8.42. The minimum Gasteiger partial charge on any atom is -0.295 e. The van der Waals surface area contributed by atoms with Crippen LogP contribution in [0.25, 0.3) is 5.69 Å². The van der Waals surface area contributed by atoms with E-state index in [4.69, 9.17) is 0 Å². The quantitative estimate of drug-likeness (QED) is 0.527. The average Bonchev–Trinajstić information content (AvgIpc) is 3.16. The molecule has 0 saturated heterocycles. The highest BCUT2D eigenvalue weighted by atomic mass is 32.2. The highest BCUT2D eigenvalue weighted by Gasteiger charge is 2.11. The summed E-state index contributed by atoms with van der Waals surface area (Å²) in [6.45, 7) is 4.13. The third kappa shape index (κ3) is 4.77. The maximum absolute atomic E-state index is 12.0. The second-order valence-corrected chi connectivity index (χ2v) is 6.95. The number of aromatic nitrogens is 2. The fraction of sp³-hybridized carbons (Fsp3) is 0.150. The minimum atomic E-state index is -0.356.